The Balaban J connectivity index is 2.08. The van der Waals surface area contributed by atoms with Gasteiger partial charge in [0.05, 0.1) is 11.8 Å². The van der Waals surface area contributed by atoms with Crippen molar-refractivity contribution in [3.8, 4) is 5.75 Å². The number of hydrogen-bond acceptors (Lipinski definition) is 4. The van der Waals surface area contributed by atoms with Gasteiger partial charge in [0.25, 0.3) is 0 Å². The molecule has 4 heteroatoms. The van der Waals surface area contributed by atoms with Crippen LogP contribution in [0.2, 0.25) is 0 Å². The average molecular weight is 271 g/mol. The third kappa shape index (κ3) is 3.63. The molecular weight excluding hydrogens is 250 g/mol. The SMILES string of the molecule is Cc1cnccc1CNc1ccc(N)c(OC(C)C)c1. The maximum Gasteiger partial charge on any atom is 0.144 e. The lowest BCUT2D eigenvalue weighted by Crippen LogP contribution is -2.08. The lowest BCUT2D eigenvalue weighted by atomic mass is 10.1. The number of nitrogens with one attached hydrogen (secondary N) is 1. The highest BCUT2D eigenvalue weighted by Gasteiger charge is 2.05. The number of pyridine rings is 1. The van der Waals surface area contributed by atoms with Gasteiger partial charge in [-0.2, -0.15) is 0 Å². The second-order valence-electron chi connectivity index (χ2n) is 5.07. The number of hydrogen-bond donors (Lipinski definition) is 2. The molecule has 0 aliphatic carbocycles. The molecule has 0 aliphatic rings. The van der Waals surface area contributed by atoms with Crippen molar-refractivity contribution in [2.75, 3.05) is 11.1 Å². The smallest absolute Gasteiger partial charge is 0.144 e. The zero-order valence-corrected chi connectivity index (χ0v) is 12.2. The second kappa shape index (κ2) is 6.28. The van der Waals surface area contributed by atoms with Crippen LogP contribution in [0, 0.1) is 6.92 Å². The van der Waals surface area contributed by atoms with E-state index < -0.39 is 0 Å². The monoisotopic (exact) mass is 271 g/mol. The van der Waals surface area contributed by atoms with Crippen molar-refractivity contribution >= 4 is 11.4 Å². The summed E-state index contributed by atoms with van der Waals surface area (Å²) in [5.74, 6) is 0.719. The van der Waals surface area contributed by atoms with E-state index in [0.29, 0.717) is 5.69 Å². The second-order valence-corrected chi connectivity index (χ2v) is 5.07. The number of nitrogens with zero attached hydrogens (tertiary/aromatic N) is 1. The highest BCUT2D eigenvalue weighted by Crippen LogP contribution is 2.26. The number of aromatic nitrogens is 1. The van der Waals surface area contributed by atoms with Crippen molar-refractivity contribution < 1.29 is 4.74 Å². The molecule has 1 aromatic carbocycles. The van der Waals surface area contributed by atoms with Gasteiger partial charge in [-0.15, -0.1) is 0 Å². The first-order valence-corrected chi connectivity index (χ1v) is 6.76. The number of aryl methyl sites for hydroxylation is 1. The Kier molecular flexibility index (Phi) is 4.45. The summed E-state index contributed by atoms with van der Waals surface area (Å²) in [5, 5.41) is 3.38. The van der Waals surface area contributed by atoms with Gasteiger partial charge in [0, 0.05) is 30.7 Å². The number of nitrogen functional groups attached to an aromatic ring is 1. The summed E-state index contributed by atoms with van der Waals surface area (Å²) in [6, 6.07) is 7.77. The van der Waals surface area contributed by atoms with E-state index >= 15 is 0 Å². The molecule has 0 fully saturated rings. The zero-order valence-electron chi connectivity index (χ0n) is 12.2. The van der Waals surface area contributed by atoms with Crippen molar-refractivity contribution in [1.82, 2.24) is 4.98 Å². The molecule has 4 nitrogen and oxygen atoms in total. The first-order valence-electron chi connectivity index (χ1n) is 6.76. The van der Waals surface area contributed by atoms with Gasteiger partial charge in [-0.25, -0.2) is 0 Å². The first kappa shape index (κ1) is 14.2. The van der Waals surface area contributed by atoms with Crippen LogP contribution in [-0.4, -0.2) is 11.1 Å². The van der Waals surface area contributed by atoms with Crippen LogP contribution in [0.1, 0.15) is 25.0 Å². The Labute approximate surface area is 120 Å². The van der Waals surface area contributed by atoms with Crippen molar-refractivity contribution in [3.63, 3.8) is 0 Å². The van der Waals surface area contributed by atoms with Gasteiger partial charge in [0.2, 0.25) is 0 Å². The predicted molar refractivity (Wildman–Crippen MR) is 82.9 cm³/mol. The highest BCUT2D eigenvalue weighted by molar-refractivity contribution is 5.61. The minimum Gasteiger partial charge on any atom is -0.489 e. The largest absolute Gasteiger partial charge is 0.489 e. The molecule has 0 radical (unpaired) electrons. The average Bonchev–Trinajstić information content (AvgIpc) is 2.40. The van der Waals surface area contributed by atoms with E-state index in [1.807, 2.05) is 44.3 Å². The molecule has 0 saturated carbocycles. The fraction of sp³-hybridized carbons (Fsp3) is 0.312. The Morgan fingerprint density at radius 2 is 2.10 bits per heavy atom. The fourth-order valence-electron chi connectivity index (χ4n) is 1.90. The van der Waals surface area contributed by atoms with E-state index in [4.69, 9.17) is 10.5 Å². The summed E-state index contributed by atoms with van der Waals surface area (Å²) < 4.78 is 5.69. The molecule has 0 amide bonds. The van der Waals surface area contributed by atoms with Crippen LogP contribution >= 0.6 is 0 Å². The third-order valence-electron chi connectivity index (χ3n) is 3.00. The summed E-state index contributed by atoms with van der Waals surface area (Å²) in [7, 11) is 0. The van der Waals surface area contributed by atoms with E-state index in [1.54, 1.807) is 6.20 Å². The van der Waals surface area contributed by atoms with Gasteiger partial charge in [0.15, 0.2) is 0 Å². The summed E-state index contributed by atoms with van der Waals surface area (Å²) >= 11 is 0. The standard InChI is InChI=1S/C16H21N3O/c1-11(2)20-16-8-14(4-5-15(16)17)19-10-13-6-7-18-9-12(13)3/h4-9,11,19H,10,17H2,1-3H3. The van der Waals surface area contributed by atoms with Crippen molar-refractivity contribution in [1.29, 1.82) is 0 Å². The molecule has 0 bridgehead atoms. The van der Waals surface area contributed by atoms with Crippen molar-refractivity contribution in [2.45, 2.75) is 33.4 Å². The van der Waals surface area contributed by atoms with Crippen LogP contribution in [0.5, 0.6) is 5.75 Å². The van der Waals surface area contributed by atoms with Gasteiger partial charge in [-0.1, -0.05) is 0 Å². The van der Waals surface area contributed by atoms with Crippen LogP contribution < -0.4 is 15.8 Å². The summed E-state index contributed by atoms with van der Waals surface area (Å²) in [6.07, 6.45) is 3.78. The van der Waals surface area contributed by atoms with Crippen LogP contribution in [0.4, 0.5) is 11.4 Å². The summed E-state index contributed by atoms with van der Waals surface area (Å²) in [4.78, 5) is 4.09. The first-order chi connectivity index (χ1) is 9.56. The van der Waals surface area contributed by atoms with Gasteiger partial charge < -0.3 is 15.8 Å². The Morgan fingerprint density at radius 1 is 1.30 bits per heavy atom. The third-order valence-corrected chi connectivity index (χ3v) is 3.00. The van der Waals surface area contributed by atoms with Gasteiger partial charge in [0.1, 0.15) is 5.75 Å². The minimum absolute atomic E-state index is 0.106. The van der Waals surface area contributed by atoms with E-state index in [9.17, 15) is 0 Å². The molecule has 2 rings (SSSR count). The summed E-state index contributed by atoms with van der Waals surface area (Å²) in [6.45, 7) is 6.78. The van der Waals surface area contributed by atoms with E-state index in [2.05, 4.69) is 17.2 Å². The molecule has 0 atom stereocenters. The summed E-state index contributed by atoms with van der Waals surface area (Å²) in [5.41, 5.74) is 9.96. The molecule has 0 aliphatic heterocycles. The minimum atomic E-state index is 0.106. The molecule has 0 spiro atoms. The highest BCUT2D eigenvalue weighted by atomic mass is 16.5. The van der Waals surface area contributed by atoms with Crippen LogP contribution in [0.15, 0.2) is 36.7 Å². The maximum absolute atomic E-state index is 5.91. The molecule has 106 valence electrons. The van der Waals surface area contributed by atoms with Gasteiger partial charge in [-0.3, -0.25) is 4.98 Å². The number of anilines is 2. The van der Waals surface area contributed by atoms with Crippen LogP contribution in [0.3, 0.4) is 0 Å². The van der Waals surface area contributed by atoms with E-state index in [-0.39, 0.29) is 6.10 Å². The Bertz CT molecular complexity index is 582. The predicted octanol–water partition coefficient (Wildman–Crippen LogP) is 3.37. The number of rotatable bonds is 5. The quantitative estimate of drug-likeness (QED) is 0.818. The topological polar surface area (TPSA) is 60.2 Å². The molecule has 1 heterocycles. The van der Waals surface area contributed by atoms with E-state index in [1.165, 1.54) is 11.1 Å². The molecule has 3 N–H and O–H groups in total. The number of nitrogens with two attached hydrogens (primary N) is 1. The lowest BCUT2D eigenvalue weighted by molar-refractivity contribution is 0.244. The Morgan fingerprint density at radius 3 is 2.80 bits per heavy atom. The number of ether oxygens (including phenoxy) is 1. The maximum atomic E-state index is 5.91. The molecule has 20 heavy (non-hydrogen) atoms. The molecule has 0 unspecified atom stereocenters. The van der Waals surface area contributed by atoms with Crippen molar-refractivity contribution in [3.05, 3.63) is 47.8 Å². The van der Waals surface area contributed by atoms with Crippen LogP contribution in [-0.2, 0) is 6.54 Å². The zero-order chi connectivity index (χ0) is 14.5. The Hall–Kier alpha value is -2.23. The normalized spacial score (nSPS) is 10.6. The van der Waals surface area contributed by atoms with E-state index in [0.717, 1.165) is 18.0 Å². The van der Waals surface area contributed by atoms with Gasteiger partial charge >= 0.3 is 0 Å². The van der Waals surface area contributed by atoms with Crippen LogP contribution in [0.25, 0.3) is 0 Å². The molecule has 0 saturated heterocycles. The lowest BCUT2D eigenvalue weighted by Gasteiger charge is -2.14. The fourth-order valence-corrected chi connectivity index (χ4v) is 1.90. The molecule has 1 aromatic heterocycles. The van der Waals surface area contributed by atoms with Crippen molar-refractivity contribution in [2.24, 2.45) is 0 Å². The molecular formula is C16H21N3O. The van der Waals surface area contributed by atoms with Gasteiger partial charge in [-0.05, 0) is 50.1 Å². The number of benzene rings is 1. The molecule has 2 aromatic rings.